The monoisotopic (exact) mass is 506 g/mol. The third kappa shape index (κ3) is 4.53. The SMILES string of the molecule is O=C(Cc1ccccc1)NC1C(=O)N2C(C(=O)[O-])=C(Sc3nc4nc[nH]c4c(=O)[nH]3)CS[C@H]12.[Na+]. The maximum absolute atomic E-state index is 12.8. The smallest absolute Gasteiger partial charge is 0.543 e. The Bertz CT molecular complexity index is 1370. The Labute approximate surface area is 222 Å². The summed E-state index contributed by atoms with van der Waals surface area (Å²) in [6.07, 6.45) is 1.44. The summed E-state index contributed by atoms with van der Waals surface area (Å²) < 4.78 is 0. The van der Waals surface area contributed by atoms with Gasteiger partial charge in [0.2, 0.25) is 5.91 Å². The summed E-state index contributed by atoms with van der Waals surface area (Å²) in [6, 6.07) is 8.27. The summed E-state index contributed by atoms with van der Waals surface area (Å²) in [7, 11) is 0. The van der Waals surface area contributed by atoms with Gasteiger partial charge in [-0.25, -0.2) is 9.97 Å². The summed E-state index contributed by atoms with van der Waals surface area (Å²) in [5.74, 6) is -2.15. The van der Waals surface area contributed by atoms with Crippen molar-refractivity contribution in [2.75, 3.05) is 5.75 Å². The zero-order valence-electron chi connectivity index (χ0n) is 17.7. The maximum Gasteiger partial charge on any atom is 1.00 e. The molecule has 3 aromatic rings. The molecule has 168 valence electrons. The first-order valence-corrected chi connectivity index (χ1v) is 11.6. The molecule has 11 nitrogen and oxygen atoms in total. The summed E-state index contributed by atoms with van der Waals surface area (Å²) in [6.45, 7) is 0. The predicted octanol–water partition coefficient (Wildman–Crippen LogP) is -3.65. The third-order valence-electron chi connectivity index (χ3n) is 5.14. The van der Waals surface area contributed by atoms with Gasteiger partial charge in [0, 0.05) is 10.7 Å². The van der Waals surface area contributed by atoms with Crippen LogP contribution in [0.5, 0.6) is 0 Å². The fraction of sp³-hybridized carbons (Fsp3) is 0.200. The summed E-state index contributed by atoms with van der Waals surface area (Å²) in [5.41, 5.74) is 0.475. The number of carbonyl (C=O) groups excluding carboxylic acids is 3. The first-order chi connectivity index (χ1) is 15.9. The van der Waals surface area contributed by atoms with Crippen LogP contribution in [0.2, 0.25) is 0 Å². The van der Waals surface area contributed by atoms with Gasteiger partial charge in [0.25, 0.3) is 11.5 Å². The van der Waals surface area contributed by atoms with Crippen molar-refractivity contribution in [1.82, 2.24) is 30.2 Å². The number of hydrogen-bond acceptors (Lipinski definition) is 9. The van der Waals surface area contributed by atoms with Crippen molar-refractivity contribution in [3.8, 4) is 0 Å². The maximum atomic E-state index is 12.8. The van der Waals surface area contributed by atoms with E-state index in [4.69, 9.17) is 0 Å². The molecule has 1 aromatic carbocycles. The first-order valence-electron chi connectivity index (χ1n) is 9.76. The van der Waals surface area contributed by atoms with Crippen molar-refractivity contribution in [2.45, 2.75) is 23.0 Å². The molecule has 2 aliphatic heterocycles. The number of thioether (sulfide) groups is 2. The number of rotatable bonds is 6. The normalized spacial score (nSPS) is 19.3. The van der Waals surface area contributed by atoms with Gasteiger partial charge in [0.05, 0.1) is 24.4 Å². The van der Waals surface area contributed by atoms with E-state index in [1.807, 2.05) is 30.3 Å². The van der Waals surface area contributed by atoms with Crippen LogP contribution in [0.1, 0.15) is 5.56 Å². The van der Waals surface area contributed by atoms with Gasteiger partial charge >= 0.3 is 29.6 Å². The minimum absolute atomic E-state index is 0. The second-order valence-electron chi connectivity index (χ2n) is 7.25. The molecule has 3 N–H and O–H groups in total. The molecule has 0 aliphatic carbocycles. The van der Waals surface area contributed by atoms with Crippen LogP contribution in [-0.4, -0.2) is 59.8 Å². The minimum atomic E-state index is -1.52. The first kappa shape index (κ1) is 24.5. The number of aromatic nitrogens is 4. The second kappa shape index (κ2) is 9.96. The molecule has 4 heterocycles. The number of nitrogens with one attached hydrogen (secondary N) is 3. The molecule has 0 saturated carbocycles. The number of hydrogen-bond donors (Lipinski definition) is 3. The Hall–Kier alpha value is -2.58. The minimum Gasteiger partial charge on any atom is -0.543 e. The number of fused-ring (bicyclic) bond motifs is 2. The predicted molar refractivity (Wildman–Crippen MR) is 118 cm³/mol. The summed E-state index contributed by atoms with van der Waals surface area (Å²) in [4.78, 5) is 64.0. The standard InChI is InChI=1S/C20H16N6O5S2.Na/c27-11(6-9-4-2-1-3-5-9)23-13-17(29)26-14(19(30)31)10(7-32-18(13)26)33-20-24-15-12(16(28)25-20)21-8-22-15;/h1-5,8,13,18H,6-7H2,(H,23,27)(H,30,31)(H2,21,22,24,25,28);/q;+1/p-1/t13?,18-;/m1./s1. The van der Waals surface area contributed by atoms with Crippen LogP contribution < -0.4 is 45.5 Å². The van der Waals surface area contributed by atoms with E-state index in [9.17, 15) is 24.3 Å². The van der Waals surface area contributed by atoms with Crippen molar-refractivity contribution in [1.29, 1.82) is 0 Å². The number of carboxylic acid groups (broad SMARTS) is 1. The van der Waals surface area contributed by atoms with E-state index in [1.165, 1.54) is 18.1 Å². The number of H-pyrrole nitrogens is 2. The van der Waals surface area contributed by atoms with E-state index >= 15 is 0 Å². The van der Waals surface area contributed by atoms with E-state index in [1.54, 1.807) is 0 Å². The van der Waals surface area contributed by atoms with Crippen molar-refractivity contribution >= 4 is 52.5 Å². The number of benzene rings is 1. The number of carbonyl (C=O) groups is 3. The van der Waals surface area contributed by atoms with E-state index in [0.717, 1.165) is 22.2 Å². The molecular weight excluding hydrogens is 491 g/mol. The molecule has 2 atom stereocenters. The van der Waals surface area contributed by atoms with Crippen LogP contribution in [0.4, 0.5) is 0 Å². The summed E-state index contributed by atoms with van der Waals surface area (Å²) in [5, 5.41) is 14.2. The van der Waals surface area contributed by atoms with E-state index in [-0.39, 0.29) is 69.7 Å². The van der Waals surface area contributed by atoms with Gasteiger partial charge in [0.15, 0.2) is 16.3 Å². The average Bonchev–Trinajstić information content (AvgIpc) is 3.27. The quantitative estimate of drug-likeness (QED) is 0.174. The van der Waals surface area contributed by atoms with Crippen LogP contribution >= 0.6 is 23.5 Å². The summed E-state index contributed by atoms with van der Waals surface area (Å²) >= 11 is 2.24. The zero-order chi connectivity index (χ0) is 23.1. The molecule has 2 amide bonds. The molecular formula is C20H15N6NaO5S2. The Morgan fingerprint density at radius 2 is 2.03 bits per heavy atom. The van der Waals surface area contributed by atoms with Gasteiger partial charge in [-0.3, -0.25) is 24.3 Å². The zero-order valence-corrected chi connectivity index (χ0v) is 21.4. The molecule has 2 aromatic heterocycles. The number of imidazole rings is 1. The number of nitrogens with zero attached hydrogens (tertiary/aromatic N) is 3. The molecule has 1 fully saturated rings. The number of aliphatic carboxylic acids is 1. The molecule has 5 rings (SSSR count). The Balaban J connectivity index is 0.00000274. The van der Waals surface area contributed by atoms with E-state index in [2.05, 4.69) is 25.3 Å². The van der Waals surface area contributed by atoms with Crippen LogP contribution in [0.3, 0.4) is 0 Å². The van der Waals surface area contributed by atoms with Crippen LogP contribution in [0.15, 0.2) is 57.2 Å². The van der Waals surface area contributed by atoms with Crippen LogP contribution in [0.25, 0.3) is 11.2 Å². The Kier molecular flexibility index (Phi) is 7.19. The molecule has 1 unspecified atom stereocenters. The largest absolute Gasteiger partial charge is 1.00 e. The average molecular weight is 507 g/mol. The van der Waals surface area contributed by atoms with Crippen molar-refractivity contribution < 1.29 is 49.0 Å². The second-order valence-corrected chi connectivity index (χ2v) is 9.44. The third-order valence-corrected chi connectivity index (χ3v) is 7.58. The number of carboxylic acids is 1. The van der Waals surface area contributed by atoms with Crippen molar-refractivity contribution in [3.05, 3.63) is 63.2 Å². The van der Waals surface area contributed by atoms with Gasteiger partial charge in [0.1, 0.15) is 11.4 Å². The Morgan fingerprint density at radius 1 is 1.26 bits per heavy atom. The van der Waals surface area contributed by atoms with Gasteiger partial charge in [-0.15, -0.1) is 11.8 Å². The molecule has 34 heavy (non-hydrogen) atoms. The molecule has 2 aliphatic rings. The van der Waals surface area contributed by atoms with E-state index < -0.39 is 28.9 Å². The van der Waals surface area contributed by atoms with Gasteiger partial charge in [-0.1, -0.05) is 42.1 Å². The number of aromatic amines is 2. The number of β-lactam (4-membered cyclic amide) rings is 1. The Morgan fingerprint density at radius 3 is 2.76 bits per heavy atom. The molecule has 1 saturated heterocycles. The number of amides is 2. The van der Waals surface area contributed by atoms with Crippen molar-refractivity contribution in [2.24, 2.45) is 0 Å². The fourth-order valence-corrected chi connectivity index (χ4v) is 6.07. The van der Waals surface area contributed by atoms with Gasteiger partial charge in [-0.05, 0) is 5.56 Å². The molecule has 0 spiro atoms. The van der Waals surface area contributed by atoms with Crippen molar-refractivity contribution in [3.63, 3.8) is 0 Å². The molecule has 0 bridgehead atoms. The fourth-order valence-electron chi connectivity index (χ4n) is 3.65. The molecule has 14 heteroatoms. The van der Waals surface area contributed by atoms with Gasteiger partial charge in [-0.2, -0.15) is 0 Å². The van der Waals surface area contributed by atoms with Crippen LogP contribution in [-0.2, 0) is 20.8 Å². The van der Waals surface area contributed by atoms with Crippen LogP contribution in [0, 0.1) is 0 Å². The van der Waals surface area contributed by atoms with E-state index in [0.29, 0.717) is 4.91 Å². The molecule has 0 radical (unpaired) electrons. The topological polar surface area (TPSA) is 164 Å². The van der Waals surface area contributed by atoms with Gasteiger partial charge < -0.3 is 20.2 Å².